The molecule has 1 atom stereocenters. The molecule has 1 aliphatic heterocycles. The summed E-state index contributed by atoms with van der Waals surface area (Å²) in [5, 5.41) is 8.99. The second-order valence-corrected chi connectivity index (χ2v) is 5.63. The maximum atomic E-state index is 11.5. The van der Waals surface area contributed by atoms with Crippen LogP contribution in [0.3, 0.4) is 0 Å². The number of fused-ring (bicyclic) bond motifs is 1. The Labute approximate surface area is 92.2 Å². The molecule has 0 aliphatic carbocycles. The van der Waals surface area contributed by atoms with Gasteiger partial charge in [-0.15, -0.1) is 0 Å². The van der Waals surface area contributed by atoms with E-state index in [0.29, 0.717) is 11.4 Å². The largest absolute Gasteiger partial charge is 0.480 e. The van der Waals surface area contributed by atoms with Crippen LogP contribution in [0.5, 0.6) is 0 Å². The lowest BCUT2D eigenvalue weighted by molar-refractivity contribution is -0.141. The van der Waals surface area contributed by atoms with E-state index in [-0.39, 0.29) is 13.0 Å². The van der Waals surface area contributed by atoms with Crippen LogP contribution in [0.4, 0.5) is 0 Å². The highest BCUT2D eigenvalue weighted by molar-refractivity contribution is 7.88. The number of nitrogens with one attached hydrogen (secondary N) is 1. The van der Waals surface area contributed by atoms with E-state index in [1.54, 1.807) is 0 Å². The van der Waals surface area contributed by atoms with Gasteiger partial charge in [0.2, 0.25) is 10.0 Å². The number of hydrogen-bond donors (Lipinski definition) is 2. The summed E-state index contributed by atoms with van der Waals surface area (Å²) in [6.07, 6.45) is 2.54. The Balaban J connectivity index is 2.42. The summed E-state index contributed by atoms with van der Waals surface area (Å²) >= 11 is 0. The number of aromatic nitrogens is 2. The van der Waals surface area contributed by atoms with E-state index in [4.69, 9.17) is 5.11 Å². The lowest BCUT2D eigenvalue weighted by Crippen LogP contribution is -2.48. The van der Waals surface area contributed by atoms with E-state index in [2.05, 4.69) is 9.97 Å². The summed E-state index contributed by atoms with van der Waals surface area (Å²) in [5.41, 5.74) is 1.27. The molecule has 0 radical (unpaired) electrons. The molecule has 1 aromatic heterocycles. The second kappa shape index (κ2) is 3.56. The summed E-state index contributed by atoms with van der Waals surface area (Å²) in [6.45, 7) is 0.0329. The van der Waals surface area contributed by atoms with Gasteiger partial charge in [0, 0.05) is 6.42 Å². The highest BCUT2D eigenvalue weighted by atomic mass is 32.2. The second-order valence-electron chi connectivity index (χ2n) is 3.69. The summed E-state index contributed by atoms with van der Waals surface area (Å²) < 4.78 is 23.9. The number of nitrogens with zero attached hydrogens (tertiary/aromatic N) is 2. The minimum atomic E-state index is -3.54. The van der Waals surface area contributed by atoms with Gasteiger partial charge in [-0.3, -0.25) is 4.79 Å². The molecule has 2 N–H and O–H groups in total. The molecule has 0 aromatic carbocycles. The van der Waals surface area contributed by atoms with Gasteiger partial charge in [-0.1, -0.05) is 0 Å². The summed E-state index contributed by atoms with van der Waals surface area (Å²) in [6, 6.07) is -1.06. The van der Waals surface area contributed by atoms with Crippen molar-refractivity contribution in [1.82, 2.24) is 14.3 Å². The molecule has 88 valence electrons. The molecule has 0 spiro atoms. The maximum Gasteiger partial charge on any atom is 0.322 e. The first-order valence-corrected chi connectivity index (χ1v) is 6.45. The monoisotopic (exact) mass is 245 g/mol. The van der Waals surface area contributed by atoms with Gasteiger partial charge in [-0.25, -0.2) is 13.4 Å². The lowest BCUT2D eigenvalue weighted by Gasteiger charge is -2.29. The molecule has 2 rings (SSSR count). The number of hydrogen-bond acceptors (Lipinski definition) is 4. The Hall–Kier alpha value is -1.41. The predicted octanol–water partition coefficient (Wildman–Crippen LogP) is -0.819. The van der Waals surface area contributed by atoms with Crippen LogP contribution < -0.4 is 0 Å². The quantitative estimate of drug-likeness (QED) is 0.708. The van der Waals surface area contributed by atoms with E-state index < -0.39 is 22.0 Å². The highest BCUT2D eigenvalue weighted by Crippen LogP contribution is 2.22. The van der Waals surface area contributed by atoms with Gasteiger partial charge in [0.15, 0.2) is 0 Å². The SMILES string of the molecule is CS(=O)(=O)N1Cc2[nH]cnc2CC1C(=O)O. The van der Waals surface area contributed by atoms with Crippen LogP contribution in [-0.4, -0.2) is 46.1 Å². The van der Waals surface area contributed by atoms with E-state index in [1.807, 2.05) is 0 Å². The van der Waals surface area contributed by atoms with Crippen LogP contribution in [0.25, 0.3) is 0 Å². The molecular formula is C8H11N3O4S. The standard InChI is InChI=1S/C8H11N3O4S/c1-16(14,15)11-3-6-5(9-4-10-6)2-7(11)8(12)13/h4,7H,2-3H2,1H3,(H,9,10)(H,12,13). The van der Waals surface area contributed by atoms with Crippen LogP contribution in [-0.2, 0) is 27.8 Å². The van der Waals surface area contributed by atoms with Crippen molar-refractivity contribution in [2.24, 2.45) is 0 Å². The fourth-order valence-electron chi connectivity index (χ4n) is 1.77. The lowest BCUT2D eigenvalue weighted by atomic mass is 10.1. The van der Waals surface area contributed by atoms with Gasteiger partial charge in [-0.2, -0.15) is 4.31 Å². The average molecular weight is 245 g/mol. The van der Waals surface area contributed by atoms with Crippen LogP contribution in [0.2, 0.25) is 0 Å². The molecule has 7 nitrogen and oxygen atoms in total. The smallest absolute Gasteiger partial charge is 0.322 e. The van der Waals surface area contributed by atoms with Crippen molar-refractivity contribution in [1.29, 1.82) is 0 Å². The number of carbonyl (C=O) groups is 1. The van der Waals surface area contributed by atoms with E-state index >= 15 is 0 Å². The third-order valence-electron chi connectivity index (χ3n) is 2.57. The predicted molar refractivity (Wildman–Crippen MR) is 54.1 cm³/mol. The van der Waals surface area contributed by atoms with Crippen molar-refractivity contribution in [2.75, 3.05) is 6.26 Å². The zero-order valence-corrected chi connectivity index (χ0v) is 9.36. The van der Waals surface area contributed by atoms with Gasteiger partial charge < -0.3 is 10.1 Å². The van der Waals surface area contributed by atoms with Gasteiger partial charge in [0.25, 0.3) is 0 Å². The number of sulfonamides is 1. The minimum Gasteiger partial charge on any atom is -0.480 e. The number of imidazole rings is 1. The number of aromatic amines is 1. The van der Waals surface area contributed by atoms with Gasteiger partial charge in [-0.05, 0) is 0 Å². The molecule has 0 fully saturated rings. The van der Waals surface area contributed by atoms with Gasteiger partial charge in [0.1, 0.15) is 6.04 Å². The minimum absolute atomic E-state index is 0.0329. The molecule has 1 aliphatic rings. The summed E-state index contributed by atoms with van der Waals surface area (Å²) in [5.74, 6) is -1.15. The summed E-state index contributed by atoms with van der Waals surface area (Å²) in [4.78, 5) is 17.8. The third-order valence-corrected chi connectivity index (χ3v) is 3.80. The molecule has 16 heavy (non-hydrogen) atoms. The van der Waals surface area contributed by atoms with Crippen molar-refractivity contribution < 1.29 is 18.3 Å². The first-order chi connectivity index (χ1) is 7.39. The first-order valence-electron chi connectivity index (χ1n) is 4.60. The Morgan fingerprint density at radius 1 is 1.69 bits per heavy atom. The molecule has 8 heteroatoms. The molecule has 0 saturated heterocycles. The normalized spacial score (nSPS) is 21.7. The Morgan fingerprint density at radius 3 is 2.94 bits per heavy atom. The fraction of sp³-hybridized carbons (Fsp3) is 0.500. The maximum absolute atomic E-state index is 11.5. The average Bonchev–Trinajstić information content (AvgIpc) is 2.60. The Bertz CT molecular complexity index is 521. The number of rotatable bonds is 2. The number of carboxylic acid groups (broad SMARTS) is 1. The first kappa shape index (κ1) is 11.1. The Kier molecular flexibility index (Phi) is 2.47. The highest BCUT2D eigenvalue weighted by Gasteiger charge is 2.37. The van der Waals surface area contributed by atoms with Crippen LogP contribution in [0.1, 0.15) is 11.4 Å². The molecule has 0 bridgehead atoms. The van der Waals surface area contributed by atoms with Gasteiger partial charge in [0.05, 0.1) is 30.5 Å². The van der Waals surface area contributed by atoms with Crippen molar-refractivity contribution in [3.8, 4) is 0 Å². The van der Waals surface area contributed by atoms with Crippen molar-refractivity contribution in [3.05, 3.63) is 17.7 Å². The molecule has 1 unspecified atom stereocenters. The number of H-pyrrole nitrogens is 1. The van der Waals surface area contributed by atoms with E-state index in [9.17, 15) is 13.2 Å². The van der Waals surface area contributed by atoms with Crippen LogP contribution >= 0.6 is 0 Å². The zero-order chi connectivity index (χ0) is 11.9. The summed E-state index contributed by atoms with van der Waals surface area (Å²) in [7, 11) is -3.54. The number of carboxylic acids is 1. The van der Waals surface area contributed by atoms with E-state index in [1.165, 1.54) is 6.33 Å². The fourth-order valence-corrected chi connectivity index (χ4v) is 2.76. The number of aliphatic carboxylic acids is 1. The Morgan fingerprint density at radius 2 is 2.38 bits per heavy atom. The topological polar surface area (TPSA) is 103 Å². The van der Waals surface area contributed by atoms with E-state index in [0.717, 1.165) is 10.6 Å². The zero-order valence-electron chi connectivity index (χ0n) is 8.54. The van der Waals surface area contributed by atoms with Gasteiger partial charge >= 0.3 is 5.97 Å². The van der Waals surface area contributed by atoms with Crippen molar-refractivity contribution in [2.45, 2.75) is 19.0 Å². The molecule has 2 heterocycles. The molecule has 1 aromatic rings. The van der Waals surface area contributed by atoms with Crippen molar-refractivity contribution in [3.63, 3.8) is 0 Å². The molecular weight excluding hydrogens is 234 g/mol. The molecule has 0 amide bonds. The van der Waals surface area contributed by atoms with Crippen LogP contribution in [0, 0.1) is 0 Å². The third kappa shape index (κ3) is 1.81. The molecule has 0 saturated carbocycles. The van der Waals surface area contributed by atoms with Crippen molar-refractivity contribution >= 4 is 16.0 Å². The van der Waals surface area contributed by atoms with Crippen LogP contribution in [0.15, 0.2) is 6.33 Å².